The van der Waals surface area contributed by atoms with E-state index in [1.165, 1.54) is 65.1 Å². The third-order valence-corrected chi connectivity index (χ3v) is 3.00. The molecule has 0 unspecified atom stereocenters. The van der Waals surface area contributed by atoms with Crippen molar-refractivity contribution in [3.05, 3.63) is 0 Å². The Bertz CT molecular complexity index is 189. The van der Waals surface area contributed by atoms with Gasteiger partial charge in [0.1, 0.15) is 6.54 Å². The SMILES string of the molecule is C#CC[NH2+]CCC[NH2+]CCC[NH2+]CCC[NH2+]CC. The fraction of sp³-hybridized carbons (Fsp3) is 0.857. The molecule has 4 nitrogen and oxygen atoms in total. The van der Waals surface area contributed by atoms with Gasteiger partial charge in [0.2, 0.25) is 0 Å². The van der Waals surface area contributed by atoms with Crippen LogP contribution in [0.15, 0.2) is 0 Å². The largest absolute Gasteiger partial charge is 0.346 e. The van der Waals surface area contributed by atoms with Crippen molar-refractivity contribution in [2.45, 2.75) is 26.2 Å². The molecule has 0 aromatic heterocycles. The first-order valence-corrected chi connectivity index (χ1v) is 7.62. The van der Waals surface area contributed by atoms with Crippen molar-refractivity contribution in [1.82, 2.24) is 0 Å². The zero-order chi connectivity index (χ0) is 13.3. The lowest BCUT2D eigenvalue weighted by atomic mass is 10.3. The van der Waals surface area contributed by atoms with Crippen molar-refractivity contribution in [2.75, 3.05) is 52.4 Å². The third kappa shape index (κ3) is 15.4. The van der Waals surface area contributed by atoms with E-state index >= 15 is 0 Å². The molecule has 106 valence electrons. The van der Waals surface area contributed by atoms with E-state index in [1.807, 2.05) is 0 Å². The Morgan fingerprint density at radius 2 is 1.17 bits per heavy atom. The third-order valence-electron chi connectivity index (χ3n) is 3.00. The molecule has 0 aliphatic heterocycles. The highest BCUT2D eigenvalue weighted by molar-refractivity contribution is 4.81. The molecule has 0 aliphatic carbocycles. The number of nitrogens with two attached hydrogens (primary N) is 4. The van der Waals surface area contributed by atoms with Gasteiger partial charge in [-0.05, 0) is 12.8 Å². The molecule has 0 radical (unpaired) electrons. The van der Waals surface area contributed by atoms with Crippen LogP contribution < -0.4 is 21.3 Å². The molecule has 0 rings (SSSR count). The first kappa shape index (κ1) is 17.4. The Morgan fingerprint density at radius 3 is 1.61 bits per heavy atom. The first-order valence-electron chi connectivity index (χ1n) is 7.62. The summed E-state index contributed by atoms with van der Waals surface area (Å²) < 4.78 is 0. The molecule has 0 fully saturated rings. The van der Waals surface area contributed by atoms with Crippen molar-refractivity contribution in [1.29, 1.82) is 0 Å². The molecule has 0 saturated carbocycles. The molecule has 0 bridgehead atoms. The topological polar surface area (TPSA) is 66.4 Å². The number of rotatable bonds is 14. The fourth-order valence-electron chi connectivity index (χ4n) is 1.90. The second-order valence-electron chi connectivity index (χ2n) is 4.76. The van der Waals surface area contributed by atoms with Crippen LogP contribution in [-0.4, -0.2) is 52.4 Å². The maximum absolute atomic E-state index is 5.18. The van der Waals surface area contributed by atoms with E-state index in [9.17, 15) is 0 Å². The number of hydrogen-bond donors (Lipinski definition) is 4. The van der Waals surface area contributed by atoms with Crippen molar-refractivity contribution in [3.8, 4) is 12.3 Å². The average Bonchev–Trinajstić information content (AvgIpc) is 2.39. The van der Waals surface area contributed by atoms with Crippen LogP contribution in [0, 0.1) is 12.3 Å². The lowest BCUT2D eigenvalue weighted by Crippen LogP contribution is -2.90. The molecule has 0 aliphatic rings. The number of terminal acetylenes is 1. The van der Waals surface area contributed by atoms with Gasteiger partial charge >= 0.3 is 0 Å². The molecule has 18 heavy (non-hydrogen) atoms. The van der Waals surface area contributed by atoms with Crippen molar-refractivity contribution in [3.63, 3.8) is 0 Å². The van der Waals surface area contributed by atoms with E-state index in [1.54, 1.807) is 0 Å². The predicted molar refractivity (Wildman–Crippen MR) is 75.0 cm³/mol. The van der Waals surface area contributed by atoms with Gasteiger partial charge in [-0.3, -0.25) is 0 Å². The first-order chi connectivity index (χ1) is 8.91. The van der Waals surface area contributed by atoms with Gasteiger partial charge in [0.25, 0.3) is 0 Å². The summed E-state index contributed by atoms with van der Waals surface area (Å²) in [4.78, 5) is 0. The molecule has 0 heterocycles. The molecule has 0 atom stereocenters. The van der Waals surface area contributed by atoms with Crippen LogP contribution in [0.1, 0.15) is 26.2 Å². The van der Waals surface area contributed by atoms with E-state index in [0.29, 0.717) is 0 Å². The zero-order valence-electron chi connectivity index (χ0n) is 12.2. The zero-order valence-corrected chi connectivity index (χ0v) is 12.2. The maximum atomic E-state index is 5.18. The summed E-state index contributed by atoms with van der Waals surface area (Å²) in [6, 6.07) is 0. The molecule has 0 aromatic carbocycles. The van der Waals surface area contributed by atoms with Gasteiger partial charge in [-0.1, -0.05) is 0 Å². The minimum absolute atomic E-state index is 0.824. The number of hydrogen-bond acceptors (Lipinski definition) is 0. The van der Waals surface area contributed by atoms with Gasteiger partial charge in [0.05, 0.1) is 45.8 Å². The molecule has 0 spiro atoms. The quantitative estimate of drug-likeness (QED) is 0.182. The molecule has 8 N–H and O–H groups in total. The van der Waals surface area contributed by atoms with Crippen LogP contribution >= 0.6 is 0 Å². The molecular weight excluding hydrogens is 224 g/mol. The minimum atomic E-state index is 0.824. The number of quaternary nitrogens is 4. The van der Waals surface area contributed by atoms with E-state index in [0.717, 1.165) is 6.54 Å². The van der Waals surface area contributed by atoms with Gasteiger partial charge in [0.15, 0.2) is 0 Å². The van der Waals surface area contributed by atoms with Gasteiger partial charge in [-0.2, -0.15) is 0 Å². The van der Waals surface area contributed by atoms with Gasteiger partial charge in [-0.15, -0.1) is 6.42 Å². The monoisotopic (exact) mass is 258 g/mol. The van der Waals surface area contributed by atoms with E-state index in [-0.39, 0.29) is 0 Å². The summed E-state index contributed by atoms with van der Waals surface area (Å²) in [6.07, 6.45) is 9.10. The molecule has 4 heteroatoms. The van der Waals surface area contributed by atoms with E-state index in [2.05, 4.69) is 34.1 Å². The lowest BCUT2D eigenvalue weighted by molar-refractivity contribution is -0.693. The van der Waals surface area contributed by atoms with Crippen LogP contribution in [0.5, 0.6) is 0 Å². The maximum Gasteiger partial charge on any atom is 0.137 e. The van der Waals surface area contributed by atoms with E-state index < -0.39 is 0 Å². The second-order valence-corrected chi connectivity index (χ2v) is 4.76. The lowest BCUT2D eigenvalue weighted by Gasteiger charge is -2.02. The van der Waals surface area contributed by atoms with Crippen molar-refractivity contribution in [2.24, 2.45) is 0 Å². The van der Waals surface area contributed by atoms with Gasteiger partial charge < -0.3 is 21.3 Å². The van der Waals surface area contributed by atoms with Crippen LogP contribution in [0.2, 0.25) is 0 Å². The van der Waals surface area contributed by atoms with E-state index in [4.69, 9.17) is 6.42 Å². The average molecular weight is 258 g/mol. The van der Waals surface area contributed by atoms with Crippen molar-refractivity contribution < 1.29 is 21.3 Å². The predicted octanol–water partition coefficient (Wildman–Crippen LogP) is -3.94. The molecule has 0 saturated heterocycles. The highest BCUT2D eigenvalue weighted by Gasteiger charge is 1.96. The Kier molecular flexibility index (Phi) is 15.9. The van der Waals surface area contributed by atoms with Gasteiger partial charge in [0, 0.05) is 19.3 Å². The fourth-order valence-corrected chi connectivity index (χ4v) is 1.90. The Balaban J connectivity index is 2.89. The summed E-state index contributed by atoms with van der Waals surface area (Å²) in [5.74, 6) is 2.64. The molecule has 0 amide bonds. The Hall–Kier alpha value is -0.600. The molecular formula is C14H34N4+4. The van der Waals surface area contributed by atoms with Crippen LogP contribution in [0.25, 0.3) is 0 Å². The second kappa shape index (κ2) is 16.4. The Morgan fingerprint density at radius 1 is 0.722 bits per heavy atom. The summed E-state index contributed by atoms with van der Waals surface area (Å²) in [5, 5.41) is 9.47. The summed E-state index contributed by atoms with van der Waals surface area (Å²) >= 11 is 0. The molecule has 0 aromatic rings. The smallest absolute Gasteiger partial charge is 0.137 e. The summed E-state index contributed by atoms with van der Waals surface area (Å²) in [6.45, 7) is 11.8. The minimum Gasteiger partial charge on any atom is -0.346 e. The standard InChI is InChI=1S/C14H30N4/c1-3-8-16-10-6-12-18-14-7-13-17-11-5-9-15-4-2/h1,15-18H,4-14H2,2H3/p+4. The highest BCUT2D eigenvalue weighted by Crippen LogP contribution is 1.65. The van der Waals surface area contributed by atoms with Gasteiger partial charge in [-0.25, -0.2) is 0 Å². The van der Waals surface area contributed by atoms with Crippen LogP contribution in [-0.2, 0) is 0 Å². The summed E-state index contributed by atoms with van der Waals surface area (Å²) in [7, 11) is 0. The summed E-state index contributed by atoms with van der Waals surface area (Å²) in [5.41, 5.74) is 0. The van der Waals surface area contributed by atoms with Crippen LogP contribution in [0.4, 0.5) is 0 Å². The van der Waals surface area contributed by atoms with Crippen molar-refractivity contribution >= 4 is 0 Å². The normalized spacial score (nSPS) is 10.4. The highest BCUT2D eigenvalue weighted by atomic mass is 14.9. The Labute approximate surface area is 113 Å². The van der Waals surface area contributed by atoms with Crippen LogP contribution in [0.3, 0.4) is 0 Å².